The first-order valence-electron chi connectivity index (χ1n) is 6.69. The van der Waals surface area contributed by atoms with Gasteiger partial charge in [-0.3, -0.25) is 0 Å². The minimum atomic E-state index is 0.749. The minimum absolute atomic E-state index is 0.749. The fourth-order valence-corrected chi connectivity index (χ4v) is 2.16. The van der Waals surface area contributed by atoms with E-state index in [2.05, 4.69) is 59.4 Å². The summed E-state index contributed by atoms with van der Waals surface area (Å²) in [6, 6.07) is 12.9. The van der Waals surface area contributed by atoms with Crippen LogP contribution in [0, 0.1) is 6.92 Å². The van der Waals surface area contributed by atoms with Crippen LogP contribution in [0.2, 0.25) is 0 Å². The molecule has 0 saturated heterocycles. The Morgan fingerprint density at radius 1 is 1.21 bits per heavy atom. The maximum Gasteiger partial charge on any atom is 0.0587 e. The summed E-state index contributed by atoms with van der Waals surface area (Å²) in [6.45, 7) is 5.56. The van der Waals surface area contributed by atoms with Gasteiger partial charge in [0.05, 0.1) is 6.61 Å². The summed E-state index contributed by atoms with van der Waals surface area (Å²) in [6.07, 6.45) is 2.13. The Bertz CT molecular complexity index is 505. The molecule has 3 nitrogen and oxygen atoms in total. The monoisotopic (exact) mass is 258 g/mol. The SMILES string of the molecule is COCCNCc1cccn1Cc1cccc(C)c1. The number of nitrogens with zero attached hydrogens (tertiary/aromatic N) is 1. The van der Waals surface area contributed by atoms with Crippen molar-refractivity contribution in [2.24, 2.45) is 0 Å². The molecule has 1 aromatic carbocycles. The predicted molar refractivity (Wildman–Crippen MR) is 78.3 cm³/mol. The maximum absolute atomic E-state index is 5.03. The second-order valence-electron chi connectivity index (χ2n) is 4.79. The van der Waals surface area contributed by atoms with Gasteiger partial charge in [0, 0.05) is 38.6 Å². The van der Waals surface area contributed by atoms with Gasteiger partial charge in [0.15, 0.2) is 0 Å². The van der Waals surface area contributed by atoms with Crippen molar-refractivity contribution in [1.82, 2.24) is 9.88 Å². The fraction of sp³-hybridized carbons (Fsp3) is 0.375. The molecule has 0 bridgehead atoms. The van der Waals surface area contributed by atoms with Crippen molar-refractivity contribution in [3.63, 3.8) is 0 Å². The number of nitrogens with one attached hydrogen (secondary N) is 1. The van der Waals surface area contributed by atoms with Crippen LogP contribution < -0.4 is 5.32 Å². The van der Waals surface area contributed by atoms with Gasteiger partial charge in [-0.1, -0.05) is 29.8 Å². The first-order valence-corrected chi connectivity index (χ1v) is 6.69. The number of ether oxygens (including phenoxy) is 1. The number of aromatic nitrogens is 1. The average Bonchev–Trinajstić information content (AvgIpc) is 2.82. The van der Waals surface area contributed by atoms with E-state index in [1.54, 1.807) is 7.11 Å². The molecule has 0 atom stereocenters. The molecule has 102 valence electrons. The van der Waals surface area contributed by atoms with Gasteiger partial charge >= 0.3 is 0 Å². The molecule has 0 spiro atoms. The topological polar surface area (TPSA) is 26.2 Å². The normalized spacial score (nSPS) is 10.8. The van der Waals surface area contributed by atoms with Crippen molar-refractivity contribution in [2.75, 3.05) is 20.3 Å². The zero-order valence-corrected chi connectivity index (χ0v) is 11.7. The zero-order chi connectivity index (χ0) is 13.5. The molecule has 0 aliphatic rings. The number of aryl methyl sites for hydroxylation is 1. The smallest absolute Gasteiger partial charge is 0.0587 e. The van der Waals surface area contributed by atoms with E-state index in [0.717, 1.165) is 26.2 Å². The lowest BCUT2D eigenvalue weighted by Gasteiger charge is -2.11. The summed E-state index contributed by atoms with van der Waals surface area (Å²) in [5, 5.41) is 3.38. The highest BCUT2D eigenvalue weighted by molar-refractivity contribution is 5.23. The van der Waals surface area contributed by atoms with E-state index >= 15 is 0 Å². The van der Waals surface area contributed by atoms with Gasteiger partial charge in [0.25, 0.3) is 0 Å². The van der Waals surface area contributed by atoms with E-state index in [1.165, 1.54) is 16.8 Å². The Balaban J connectivity index is 1.95. The molecule has 0 saturated carbocycles. The molecular weight excluding hydrogens is 236 g/mol. The van der Waals surface area contributed by atoms with Crippen LogP contribution in [-0.2, 0) is 17.8 Å². The van der Waals surface area contributed by atoms with Crippen LogP contribution in [0.15, 0.2) is 42.6 Å². The second kappa shape index (κ2) is 7.12. The molecule has 19 heavy (non-hydrogen) atoms. The Morgan fingerprint density at radius 3 is 2.89 bits per heavy atom. The van der Waals surface area contributed by atoms with Crippen LogP contribution in [0.4, 0.5) is 0 Å². The summed E-state index contributed by atoms with van der Waals surface area (Å²) in [7, 11) is 1.72. The molecule has 0 fully saturated rings. The van der Waals surface area contributed by atoms with Gasteiger partial charge in [-0.25, -0.2) is 0 Å². The third-order valence-corrected chi connectivity index (χ3v) is 3.15. The van der Waals surface area contributed by atoms with Crippen LogP contribution in [0.5, 0.6) is 0 Å². The Hall–Kier alpha value is -1.58. The third-order valence-electron chi connectivity index (χ3n) is 3.15. The number of hydrogen-bond acceptors (Lipinski definition) is 2. The molecule has 0 unspecified atom stereocenters. The summed E-state index contributed by atoms with van der Waals surface area (Å²) >= 11 is 0. The van der Waals surface area contributed by atoms with Gasteiger partial charge in [-0.2, -0.15) is 0 Å². The van der Waals surface area contributed by atoms with E-state index in [0.29, 0.717) is 0 Å². The molecule has 2 aromatic rings. The van der Waals surface area contributed by atoms with Crippen LogP contribution in [0.1, 0.15) is 16.8 Å². The summed E-state index contributed by atoms with van der Waals surface area (Å²) in [4.78, 5) is 0. The summed E-state index contributed by atoms with van der Waals surface area (Å²) < 4.78 is 7.32. The highest BCUT2D eigenvalue weighted by Crippen LogP contribution is 2.09. The summed E-state index contributed by atoms with van der Waals surface area (Å²) in [5.41, 5.74) is 3.95. The Labute approximate surface area is 115 Å². The molecule has 1 aromatic heterocycles. The quantitative estimate of drug-likeness (QED) is 0.773. The lowest BCUT2D eigenvalue weighted by Crippen LogP contribution is -2.20. The number of rotatable bonds is 7. The molecule has 2 rings (SSSR count). The van der Waals surface area contributed by atoms with E-state index < -0.39 is 0 Å². The van der Waals surface area contributed by atoms with Crippen LogP contribution in [-0.4, -0.2) is 24.8 Å². The summed E-state index contributed by atoms with van der Waals surface area (Å²) in [5.74, 6) is 0. The van der Waals surface area contributed by atoms with Crippen molar-refractivity contribution in [1.29, 1.82) is 0 Å². The predicted octanol–water partition coefficient (Wildman–Crippen LogP) is 2.58. The number of hydrogen-bond donors (Lipinski definition) is 1. The molecule has 0 radical (unpaired) electrons. The van der Waals surface area contributed by atoms with Gasteiger partial charge in [-0.15, -0.1) is 0 Å². The van der Waals surface area contributed by atoms with Gasteiger partial charge < -0.3 is 14.6 Å². The fourth-order valence-electron chi connectivity index (χ4n) is 2.16. The molecule has 0 aliphatic heterocycles. The van der Waals surface area contributed by atoms with Crippen LogP contribution >= 0.6 is 0 Å². The standard InChI is InChI=1S/C16H22N2O/c1-14-5-3-6-15(11-14)13-18-9-4-7-16(18)12-17-8-10-19-2/h3-7,9,11,17H,8,10,12-13H2,1-2H3. The van der Waals surface area contributed by atoms with E-state index in [4.69, 9.17) is 4.74 Å². The maximum atomic E-state index is 5.03. The first kappa shape index (κ1) is 13.8. The highest BCUT2D eigenvalue weighted by atomic mass is 16.5. The van der Waals surface area contributed by atoms with E-state index in [1.807, 2.05) is 0 Å². The van der Waals surface area contributed by atoms with Crippen molar-refractivity contribution in [2.45, 2.75) is 20.0 Å². The third kappa shape index (κ3) is 4.23. The van der Waals surface area contributed by atoms with Gasteiger partial charge in [0.1, 0.15) is 0 Å². The largest absolute Gasteiger partial charge is 0.383 e. The Morgan fingerprint density at radius 2 is 2.11 bits per heavy atom. The second-order valence-corrected chi connectivity index (χ2v) is 4.79. The average molecular weight is 258 g/mol. The van der Waals surface area contributed by atoms with E-state index in [-0.39, 0.29) is 0 Å². The molecule has 0 amide bonds. The minimum Gasteiger partial charge on any atom is -0.383 e. The van der Waals surface area contributed by atoms with Crippen LogP contribution in [0.25, 0.3) is 0 Å². The molecular formula is C16H22N2O. The van der Waals surface area contributed by atoms with Crippen molar-refractivity contribution < 1.29 is 4.74 Å². The molecule has 1 N–H and O–H groups in total. The lowest BCUT2D eigenvalue weighted by molar-refractivity contribution is 0.199. The molecule has 1 heterocycles. The van der Waals surface area contributed by atoms with Crippen molar-refractivity contribution in [3.8, 4) is 0 Å². The number of benzene rings is 1. The lowest BCUT2D eigenvalue weighted by atomic mass is 10.1. The Kier molecular flexibility index (Phi) is 5.19. The van der Waals surface area contributed by atoms with Crippen molar-refractivity contribution >= 4 is 0 Å². The van der Waals surface area contributed by atoms with Crippen molar-refractivity contribution in [3.05, 3.63) is 59.4 Å². The number of methoxy groups -OCH3 is 1. The molecule has 3 heteroatoms. The zero-order valence-electron chi connectivity index (χ0n) is 11.7. The van der Waals surface area contributed by atoms with Gasteiger partial charge in [0.2, 0.25) is 0 Å². The highest BCUT2D eigenvalue weighted by Gasteiger charge is 2.01. The van der Waals surface area contributed by atoms with Crippen LogP contribution in [0.3, 0.4) is 0 Å². The first-order chi connectivity index (χ1) is 9.29. The van der Waals surface area contributed by atoms with Gasteiger partial charge in [-0.05, 0) is 24.6 Å². The molecule has 0 aliphatic carbocycles. The van der Waals surface area contributed by atoms with E-state index in [9.17, 15) is 0 Å².